The molecule has 0 radical (unpaired) electrons. The maximum Gasteiger partial charge on any atom is 0.0220 e. The third kappa shape index (κ3) is 4.38. The fourth-order valence-corrected chi connectivity index (χ4v) is 2.87. The minimum atomic E-state index is 0.954. The van der Waals surface area contributed by atoms with E-state index in [9.17, 15) is 0 Å². The summed E-state index contributed by atoms with van der Waals surface area (Å²) in [5.41, 5.74) is 2.68. The molecule has 1 aromatic rings. The maximum atomic E-state index is 3.61. The van der Waals surface area contributed by atoms with Gasteiger partial charge in [-0.15, -0.1) is 0 Å². The van der Waals surface area contributed by atoms with Crippen molar-refractivity contribution in [1.82, 2.24) is 10.2 Å². The monoisotopic (exact) mass is 310 g/mol. The lowest BCUT2D eigenvalue weighted by Gasteiger charge is -2.26. The van der Waals surface area contributed by atoms with Gasteiger partial charge in [0.05, 0.1) is 0 Å². The lowest BCUT2D eigenvalue weighted by atomic mass is 10.1. The van der Waals surface area contributed by atoms with Crippen LogP contribution < -0.4 is 5.32 Å². The predicted molar refractivity (Wildman–Crippen MR) is 80.9 cm³/mol. The van der Waals surface area contributed by atoms with Crippen molar-refractivity contribution in [1.29, 1.82) is 0 Å². The van der Waals surface area contributed by atoms with E-state index < -0.39 is 0 Å². The lowest BCUT2D eigenvalue weighted by molar-refractivity contribution is 0.229. The first-order valence-electron chi connectivity index (χ1n) is 6.94. The van der Waals surface area contributed by atoms with Crippen molar-refractivity contribution in [3.05, 3.63) is 33.8 Å². The Morgan fingerprint density at radius 2 is 2.00 bits per heavy atom. The molecule has 1 N–H and O–H groups in total. The number of halogens is 1. The zero-order valence-corrected chi connectivity index (χ0v) is 12.8. The summed E-state index contributed by atoms with van der Waals surface area (Å²) in [7, 11) is 0. The fourth-order valence-electron chi connectivity index (χ4n) is 2.48. The molecule has 2 nitrogen and oxygen atoms in total. The second kappa shape index (κ2) is 7.27. The van der Waals surface area contributed by atoms with E-state index in [-0.39, 0.29) is 0 Å². The Kier molecular flexibility index (Phi) is 5.67. The second-order valence-electron chi connectivity index (χ2n) is 5.17. The van der Waals surface area contributed by atoms with Crippen LogP contribution in [0.4, 0.5) is 0 Å². The Morgan fingerprint density at radius 1 is 1.22 bits per heavy atom. The number of hydrogen-bond acceptors (Lipinski definition) is 2. The molecule has 1 aromatic carbocycles. The third-order valence-corrected chi connectivity index (χ3v) is 4.34. The summed E-state index contributed by atoms with van der Waals surface area (Å²) in [5.74, 6) is 0. The van der Waals surface area contributed by atoms with Gasteiger partial charge in [0.2, 0.25) is 0 Å². The number of likely N-dealkylation sites (tertiary alicyclic amines) is 1. The standard InChI is InChI=1S/C15H23BrN2/c1-13-5-6-15(16)14(11-13)12-17-7-10-18-8-3-2-4-9-18/h5-6,11,17H,2-4,7-10,12H2,1H3. The third-order valence-electron chi connectivity index (χ3n) is 3.57. The molecular formula is C15H23BrN2. The predicted octanol–water partition coefficient (Wildman–Crippen LogP) is 3.33. The normalized spacial score (nSPS) is 17.0. The van der Waals surface area contributed by atoms with Crippen LogP contribution in [0.5, 0.6) is 0 Å². The van der Waals surface area contributed by atoms with Gasteiger partial charge in [-0.1, -0.05) is 40.0 Å². The van der Waals surface area contributed by atoms with Gasteiger partial charge in [-0.2, -0.15) is 0 Å². The van der Waals surface area contributed by atoms with E-state index in [1.54, 1.807) is 0 Å². The molecule has 0 unspecified atom stereocenters. The molecule has 1 aliphatic rings. The number of nitrogens with one attached hydrogen (secondary N) is 1. The molecule has 0 spiro atoms. The van der Waals surface area contributed by atoms with Gasteiger partial charge in [0, 0.05) is 24.1 Å². The summed E-state index contributed by atoms with van der Waals surface area (Å²) >= 11 is 3.61. The Hall–Kier alpha value is -0.380. The van der Waals surface area contributed by atoms with Crippen LogP contribution in [0.1, 0.15) is 30.4 Å². The van der Waals surface area contributed by atoms with E-state index in [1.807, 2.05) is 0 Å². The van der Waals surface area contributed by atoms with Crippen molar-refractivity contribution >= 4 is 15.9 Å². The van der Waals surface area contributed by atoms with Crippen LogP contribution in [0, 0.1) is 6.92 Å². The van der Waals surface area contributed by atoms with Crippen LogP contribution in [-0.2, 0) is 6.54 Å². The smallest absolute Gasteiger partial charge is 0.0220 e. The van der Waals surface area contributed by atoms with Gasteiger partial charge in [-0.25, -0.2) is 0 Å². The summed E-state index contributed by atoms with van der Waals surface area (Å²) in [6.07, 6.45) is 4.17. The Labute approximate surface area is 119 Å². The molecule has 0 aromatic heterocycles. The highest BCUT2D eigenvalue weighted by Crippen LogP contribution is 2.17. The largest absolute Gasteiger partial charge is 0.311 e. The van der Waals surface area contributed by atoms with E-state index in [0.717, 1.165) is 13.1 Å². The number of piperidine rings is 1. The number of benzene rings is 1. The highest BCUT2D eigenvalue weighted by Gasteiger charge is 2.08. The molecule has 1 fully saturated rings. The number of nitrogens with zero attached hydrogens (tertiary/aromatic N) is 1. The van der Waals surface area contributed by atoms with Crippen molar-refractivity contribution in [2.45, 2.75) is 32.7 Å². The van der Waals surface area contributed by atoms with Crippen LogP contribution in [0.3, 0.4) is 0 Å². The number of rotatable bonds is 5. The highest BCUT2D eigenvalue weighted by atomic mass is 79.9. The van der Waals surface area contributed by atoms with Crippen LogP contribution in [-0.4, -0.2) is 31.1 Å². The van der Waals surface area contributed by atoms with Crippen LogP contribution >= 0.6 is 15.9 Å². The topological polar surface area (TPSA) is 15.3 Å². The highest BCUT2D eigenvalue weighted by molar-refractivity contribution is 9.10. The molecule has 1 aliphatic heterocycles. The van der Waals surface area contributed by atoms with Crippen molar-refractivity contribution in [2.75, 3.05) is 26.2 Å². The second-order valence-corrected chi connectivity index (χ2v) is 6.03. The Balaban J connectivity index is 1.69. The summed E-state index contributed by atoms with van der Waals surface area (Å²) in [4.78, 5) is 2.57. The number of hydrogen-bond donors (Lipinski definition) is 1. The molecule has 2 rings (SSSR count). The molecule has 100 valence electrons. The molecule has 0 amide bonds. The molecule has 0 saturated carbocycles. The Bertz CT molecular complexity index is 373. The average molecular weight is 311 g/mol. The van der Waals surface area contributed by atoms with Gasteiger partial charge in [0.15, 0.2) is 0 Å². The van der Waals surface area contributed by atoms with Crippen LogP contribution in [0.25, 0.3) is 0 Å². The summed E-state index contributed by atoms with van der Waals surface area (Å²) in [6, 6.07) is 6.52. The van der Waals surface area contributed by atoms with E-state index in [1.165, 1.54) is 54.5 Å². The van der Waals surface area contributed by atoms with Crippen LogP contribution in [0.15, 0.2) is 22.7 Å². The summed E-state index contributed by atoms with van der Waals surface area (Å²) in [6.45, 7) is 7.94. The first kappa shape index (κ1) is 14.0. The molecule has 0 atom stereocenters. The van der Waals surface area contributed by atoms with E-state index in [4.69, 9.17) is 0 Å². The minimum absolute atomic E-state index is 0.954. The van der Waals surface area contributed by atoms with E-state index in [0.29, 0.717) is 0 Å². The first-order chi connectivity index (χ1) is 8.75. The first-order valence-corrected chi connectivity index (χ1v) is 7.73. The Morgan fingerprint density at radius 3 is 2.78 bits per heavy atom. The molecular weight excluding hydrogens is 288 g/mol. The number of aryl methyl sites for hydroxylation is 1. The van der Waals surface area contributed by atoms with Gasteiger partial charge >= 0.3 is 0 Å². The van der Waals surface area contributed by atoms with Crippen molar-refractivity contribution in [3.63, 3.8) is 0 Å². The van der Waals surface area contributed by atoms with Gasteiger partial charge in [-0.05, 0) is 44.5 Å². The molecule has 0 bridgehead atoms. The quantitative estimate of drug-likeness (QED) is 0.839. The zero-order chi connectivity index (χ0) is 12.8. The van der Waals surface area contributed by atoms with E-state index in [2.05, 4.69) is 51.3 Å². The van der Waals surface area contributed by atoms with Crippen molar-refractivity contribution in [3.8, 4) is 0 Å². The van der Waals surface area contributed by atoms with Gasteiger partial charge in [0.25, 0.3) is 0 Å². The minimum Gasteiger partial charge on any atom is -0.311 e. The summed E-state index contributed by atoms with van der Waals surface area (Å²) < 4.78 is 1.21. The van der Waals surface area contributed by atoms with Gasteiger partial charge in [0.1, 0.15) is 0 Å². The zero-order valence-electron chi connectivity index (χ0n) is 11.2. The summed E-state index contributed by atoms with van der Waals surface area (Å²) in [5, 5.41) is 3.55. The van der Waals surface area contributed by atoms with Gasteiger partial charge in [-0.3, -0.25) is 0 Å². The maximum absolute atomic E-state index is 3.61. The van der Waals surface area contributed by atoms with Crippen LogP contribution in [0.2, 0.25) is 0 Å². The van der Waals surface area contributed by atoms with E-state index >= 15 is 0 Å². The average Bonchev–Trinajstić information content (AvgIpc) is 2.40. The molecule has 1 saturated heterocycles. The SMILES string of the molecule is Cc1ccc(Br)c(CNCCN2CCCCC2)c1. The van der Waals surface area contributed by atoms with Gasteiger partial charge < -0.3 is 10.2 Å². The van der Waals surface area contributed by atoms with Crippen molar-refractivity contribution < 1.29 is 0 Å². The molecule has 3 heteroatoms. The molecule has 0 aliphatic carbocycles. The lowest BCUT2D eigenvalue weighted by Crippen LogP contribution is -2.35. The molecule has 1 heterocycles. The molecule has 18 heavy (non-hydrogen) atoms. The fraction of sp³-hybridized carbons (Fsp3) is 0.600. The van der Waals surface area contributed by atoms with Crippen molar-refractivity contribution in [2.24, 2.45) is 0 Å².